The summed E-state index contributed by atoms with van der Waals surface area (Å²) in [5, 5.41) is 0. The van der Waals surface area contributed by atoms with Crippen molar-refractivity contribution < 1.29 is 9.59 Å². The quantitative estimate of drug-likeness (QED) is 0.843. The lowest BCUT2D eigenvalue weighted by Crippen LogP contribution is -2.39. The minimum absolute atomic E-state index is 0.0283. The molecule has 1 aromatic carbocycles. The standard InChI is InChI=1S/C20H23N3O2/c1-15-13-18-5-3-4-6-19(18)23(15)20(25)9-12-22(16(2)24)14-17-7-10-21-11-8-17/h3-8,10-11,15H,9,12-14H2,1-2H3. The fourth-order valence-electron chi connectivity index (χ4n) is 3.35. The fraction of sp³-hybridized carbons (Fsp3) is 0.350. The highest BCUT2D eigenvalue weighted by molar-refractivity contribution is 5.96. The first-order chi connectivity index (χ1) is 12.1. The van der Waals surface area contributed by atoms with E-state index in [2.05, 4.69) is 18.0 Å². The molecule has 0 aliphatic carbocycles. The second-order valence-corrected chi connectivity index (χ2v) is 6.49. The topological polar surface area (TPSA) is 53.5 Å². The zero-order valence-corrected chi connectivity index (χ0v) is 14.7. The maximum atomic E-state index is 12.8. The third-order valence-electron chi connectivity index (χ3n) is 4.64. The van der Waals surface area contributed by atoms with E-state index in [1.807, 2.05) is 35.2 Å². The molecule has 0 saturated carbocycles. The smallest absolute Gasteiger partial charge is 0.229 e. The maximum absolute atomic E-state index is 12.8. The highest BCUT2D eigenvalue weighted by Gasteiger charge is 2.30. The van der Waals surface area contributed by atoms with Crippen LogP contribution in [0.5, 0.6) is 0 Å². The van der Waals surface area contributed by atoms with Gasteiger partial charge in [-0.3, -0.25) is 14.6 Å². The van der Waals surface area contributed by atoms with Crippen LogP contribution in [0, 0.1) is 0 Å². The van der Waals surface area contributed by atoms with E-state index in [1.54, 1.807) is 24.2 Å². The number of pyridine rings is 1. The van der Waals surface area contributed by atoms with Crippen LogP contribution in [0.3, 0.4) is 0 Å². The zero-order valence-electron chi connectivity index (χ0n) is 14.7. The van der Waals surface area contributed by atoms with Crippen LogP contribution in [-0.4, -0.2) is 34.3 Å². The largest absolute Gasteiger partial charge is 0.338 e. The lowest BCUT2D eigenvalue weighted by atomic mass is 10.1. The number of amides is 2. The molecule has 1 aliphatic rings. The van der Waals surface area contributed by atoms with Gasteiger partial charge < -0.3 is 9.80 Å². The maximum Gasteiger partial charge on any atom is 0.229 e. The highest BCUT2D eigenvalue weighted by atomic mass is 16.2. The number of aromatic nitrogens is 1. The molecule has 5 nitrogen and oxygen atoms in total. The van der Waals surface area contributed by atoms with E-state index in [0.717, 1.165) is 17.7 Å². The van der Waals surface area contributed by atoms with Crippen molar-refractivity contribution in [1.82, 2.24) is 9.88 Å². The van der Waals surface area contributed by atoms with Crippen LogP contribution in [0.1, 0.15) is 31.4 Å². The highest BCUT2D eigenvalue weighted by Crippen LogP contribution is 2.32. The van der Waals surface area contributed by atoms with E-state index in [9.17, 15) is 9.59 Å². The molecule has 2 amide bonds. The average molecular weight is 337 g/mol. The van der Waals surface area contributed by atoms with Crippen LogP contribution in [0.4, 0.5) is 5.69 Å². The molecule has 1 aromatic heterocycles. The van der Waals surface area contributed by atoms with Gasteiger partial charge in [-0.15, -0.1) is 0 Å². The summed E-state index contributed by atoms with van der Waals surface area (Å²) in [7, 11) is 0. The Balaban J connectivity index is 1.65. The summed E-state index contributed by atoms with van der Waals surface area (Å²) >= 11 is 0. The minimum atomic E-state index is -0.0283. The van der Waals surface area contributed by atoms with Gasteiger partial charge >= 0.3 is 0 Å². The van der Waals surface area contributed by atoms with Gasteiger partial charge in [-0.1, -0.05) is 18.2 Å². The molecule has 2 aromatic rings. The molecular formula is C20H23N3O2. The molecule has 0 spiro atoms. The molecule has 1 atom stereocenters. The van der Waals surface area contributed by atoms with Gasteiger partial charge in [-0.25, -0.2) is 0 Å². The van der Waals surface area contributed by atoms with Gasteiger partial charge in [0.2, 0.25) is 11.8 Å². The first-order valence-electron chi connectivity index (χ1n) is 8.60. The summed E-state index contributed by atoms with van der Waals surface area (Å²) in [5.74, 6) is 0.0397. The van der Waals surface area contributed by atoms with Gasteiger partial charge in [-0.2, -0.15) is 0 Å². The number of para-hydroxylation sites is 1. The molecule has 0 fully saturated rings. The van der Waals surface area contributed by atoms with Crippen LogP contribution in [0.25, 0.3) is 0 Å². The molecule has 0 bridgehead atoms. The van der Waals surface area contributed by atoms with E-state index >= 15 is 0 Å². The Bertz CT molecular complexity index is 761. The Labute approximate surface area is 148 Å². The van der Waals surface area contributed by atoms with Crippen molar-refractivity contribution in [2.45, 2.75) is 39.3 Å². The summed E-state index contributed by atoms with van der Waals surface area (Å²) in [5.41, 5.74) is 3.23. The van der Waals surface area contributed by atoms with Crippen LogP contribution in [0.2, 0.25) is 0 Å². The lowest BCUT2D eigenvalue weighted by Gasteiger charge is -2.25. The summed E-state index contributed by atoms with van der Waals surface area (Å²) in [6, 6.07) is 12.0. The second-order valence-electron chi connectivity index (χ2n) is 6.49. The van der Waals surface area contributed by atoms with Crippen molar-refractivity contribution in [3.05, 3.63) is 59.9 Å². The van der Waals surface area contributed by atoms with Crippen LogP contribution < -0.4 is 4.90 Å². The fourth-order valence-corrected chi connectivity index (χ4v) is 3.35. The molecule has 25 heavy (non-hydrogen) atoms. The Morgan fingerprint density at radius 2 is 1.92 bits per heavy atom. The van der Waals surface area contributed by atoms with Gasteiger partial charge in [0, 0.05) is 50.6 Å². The summed E-state index contributed by atoms with van der Waals surface area (Å²) in [6.07, 6.45) is 4.63. The van der Waals surface area contributed by atoms with E-state index in [1.165, 1.54) is 5.56 Å². The number of hydrogen-bond acceptors (Lipinski definition) is 3. The van der Waals surface area contributed by atoms with Crippen LogP contribution in [0.15, 0.2) is 48.8 Å². The average Bonchev–Trinajstić information content (AvgIpc) is 2.94. The number of anilines is 1. The molecule has 0 radical (unpaired) electrons. The number of carbonyl (C=O) groups is 2. The molecule has 3 rings (SSSR count). The van der Waals surface area contributed by atoms with Crippen molar-refractivity contribution >= 4 is 17.5 Å². The Hall–Kier alpha value is -2.69. The predicted molar refractivity (Wildman–Crippen MR) is 97.0 cm³/mol. The monoisotopic (exact) mass is 337 g/mol. The Morgan fingerprint density at radius 3 is 2.64 bits per heavy atom. The van der Waals surface area contributed by atoms with Crippen molar-refractivity contribution in [3.63, 3.8) is 0 Å². The normalized spacial score (nSPS) is 15.8. The second kappa shape index (κ2) is 7.47. The van der Waals surface area contributed by atoms with E-state index in [0.29, 0.717) is 19.5 Å². The lowest BCUT2D eigenvalue weighted by molar-refractivity contribution is -0.130. The molecular weight excluding hydrogens is 314 g/mol. The van der Waals surface area contributed by atoms with Crippen molar-refractivity contribution in [3.8, 4) is 0 Å². The molecule has 1 aliphatic heterocycles. The zero-order chi connectivity index (χ0) is 17.8. The minimum Gasteiger partial charge on any atom is -0.338 e. The molecule has 2 heterocycles. The first kappa shape index (κ1) is 17.1. The Morgan fingerprint density at radius 1 is 1.20 bits per heavy atom. The number of hydrogen-bond donors (Lipinski definition) is 0. The molecule has 0 N–H and O–H groups in total. The number of benzene rings is 1. The SMILES string of the molecule is CC(=O)N(CCC(=O)N1c2ccccc2CC1C)Cc1ccncc1. The van der Waals surface area contributed by atoms with Crippen molar-refractivity contribution in [1.29, 1.82) is 0 Å². The molecule has 5 heteroatoms. The molecule has 130 valence electrons. The van der Waals surface area contributed by atoms with Gasteiger partial charge in [0.15, 0.2) is 0 Å². The van der Waals surface area contributed by atoms with Crippen LogP contribution >= 0.6 is 0 Å². The summed E-state index contributed by atoms with van der Waals surface area (Å²) < 4.78 is 0. The first-order valence-corrected chi connectivity index (χ1v) is 8.60. The van der Waals surface area contributed by atoms with Gasteiger partial charge in [0.05, 0.1) is 0 Å². The molecule has 1 unspecified atom stereocenters. The van der Waals surface area contributed by atoms with Gasteiger partial charge in [0.1, 0.15) is 0 Å². The van der Waals surface area contributed by atoms with Crippen molar-refractivity contribution in [2.24, 2.45) is 0 Å². The number of nitrogens with zero attached hydrogens (tertiary/aromatic N) is 3. The van der Waals surface area contributed by atoms with Crippen LogP contribution in [-0.2, 0) is 22.6 Å². The van der Waals surface area contributed by atoms with Crippen molar-refractivity contribution in [2.75, 3.05) is 11.4 Å². The number of fused-ring (bicyclic) bond motifs is 1. The molecule has 0 saturated heterocycles. The predicted octanol–water partition coefficient (Wildman–Crippen LogP) is 2.80. The van der Waals surface area contributed by atoms with Gasteiger partial charge in [0.25, 0.3) is 0 Å². The number of rotatable bonds is 5. The van der Waals surface area contributed by atoms with E-state index < -0.39 is 0 Å². The van der Waals surface area contributed by atoms with E-state index in [-0.39, 0.29) is 17.9 Å². The Kier molecular flexibility index (Phi) is 5.12. The van der Waals surface area contributed by atoms with Gasteiger partial charge in [-0.05, 0) is 42.7 Å². The third-order valence-corrected chi connectivity index (χ3v) is 4.64. The summed E-state index contributed by atoms with van der Waals surface area (Å²) in [4.78, 5) is 32.3. The van der Waals surface area contributed by atoms with E-state index in [4.69, 9.17) is 0 Å². The summed E-state index contributed by atoms with van der Waals surface area (Å²) in [6.45, 7) is 4.52. The number of carbonyl (C=O) groups excluding carboxylic acids is 2. The third kappa shape index (κ3) is 3.87.